The Morgan fingerprint density at radius 2 is 2.13 bits per heavy atom. The van der Waals surface area contributed by atoms with Crippen LogP contribution in [0.3, 0.4) is 0 Å². The number of rotatable bonds is 2. The van der Waals surface area contributed by atoms with Crippen LogP contribution in [-0.4, -0.2) is 16.1 Å². The van der Waals surface area contributed by atoms with Crippen LogP contribution in [0.4, 0.5) is 0 Å². The molecule has 1 aliphatic rings. The van der Waals surface area contributed by atoms with E-state index < -0.39 is 11.4 Å². The standard InChI is InChI=1S/C11H12ClNO2/c1-10(2)6-11(10,9(14)15)7-4-3-5-8(12)13-7/h3-5H,6H2,1-2H3,(H,14,15). The normalized spacial score (nSPS) is 27.4. The molecule has 0 aromatic carbocycles. The SMILES string of the molecule is CC1(C)CC1(C(=O)O)c1cccc(Cl)n1. The van der Waals surface area contributed by atoms with Crippen LogP contribution in [0, 0.1) is 5.41 Å². The average Bonchev–Trinajstić information content (AvgIpc) is 2.71. The van der Waals surface area contributed by atoms with Crippen LogP contribution in [0.1, 0.15) is 26.0 Å². The van der Waals surface area contributed by atoms with E-state index in [1.807, 2.05) is 13.8 Å². The molecular formula is C11H12ClNO2. The van der Waals surface area contributed by atoms with Crippen LogP contribution in [-0.2, 0) is 10.2 Å². The summed E-state index contributed by atoms with van der Waals surface area (Å²) in [6.07, 6.45) is 0.614. The third-order valence-corrected chi connectivity index (χ3v) is 3.47. The van der Waals surface area contributed by atoms with Gasteiger partial charge in [0.25, 0.3) is 0 Å². The molecule has 0 aliphatic heterocycles. The van der Waals surface area contributed by atoms with E-state index in [0.29, 0.717) is 17.3 Å². The Labute approximate surface area is 93.1 Å². The summed E-state index contributed by atoms with van der Waals surface area (Å²) in [7, 11) is 0. The van der Waals surface area contributed by atoms with Crippen molar-refractivity contribution in [2.24, 2.45) is 5.41 Å². The number of hydrogen-bond donors (Lipinski definition) is 1. The lowest BCUT2D eigenvalue weighted by molar-refractivity contribution is -0.141. The molecule has 1 aromatic heterocycles. The minimum absolute atomic E-state index is 0.240. The fourth-order valence-corrected chi connectivity index (χ4v) is 2.34. The molecule has 15 heavy (non-hydrogen) atoms. The van der Waals surface area contributed by atoms with E-state index in [9.17, 15) is 9.90 Å². The summed E-state index contributed by atoms with van der Waals surface area (Å²) >= 11 is 5.77. The molecule has 1 saturated carbocycles. The maximum absolute atomic E-state index is 11.3. The highest BCUT2D eigenvalue weighted by Crippen LogP contribution is 2.63. The molecule has 3 nitrogen and oxygen atoms in total. The number of aliphatic carboxylic acids is 1. The van der Waals surface area contributed by atoms with Crippen molar-refractivity contribution in [3.8, 4) is 0 Å². The van der Waals surface area contributed by atoms with Crippen molar-refractivity contribution in [3.05, 3.63) is 29.0 Å². The Hall–Kier alpha value is -1.09. The second kappa shape index (κ2) is 2.95. The summed E-state index contributed by atoms with van der Waals surface area (Å²) in [6.45, 7) is 3.87. The van der Waals surface area contributed by atoms with E-state index in [4.69, 9.17) is 11.6 Å². The Morgan fingerprint density at radius 1 is 1.53 bits per heavy atom. The van der Waals surface area contributed by atoms with Gasteiger partial charge in [-0.2, -0.15) is 0 Å². The fourth-order valence-electron chi connectivity index (χ4n) is 2.18. The van der Waals surface area contributed by atoms with E-state index in [0.717, 1.165) is 0 Å². The lowest BCUT2D eigenvalue weighted by atomic mass is 9.92. The van der Waals surface area contributed by atoms with Crippen molar-refractivity contribution in [3.63, 3.8) is 0 Å². The van der Waals surface area contributed by atoms with Crippen molar-refractivity contribution < 1.29 is 9.90 Å². The zero-order valence-corrected chi connectivity index (χ0v) is 9.38. The quantitative estimate of drug-likeness (QED) is 0.787. The minimum Gasteiger partial charge on any atom is -0.481 e. The number of halogens is 1. The Morgan fingerprint density at radius 3 is 2.53 bits per heavy atom. The second-order valence-electron chi connectivity index (χ2n) is 4.62. The van der Waals surface area contributed by atoms with Gasteiger partial charge in [-0.1, -0.05) is 31.5 Å². The summed E-state index contributed by atoms with van der Waals surface area (Å²) in [5.41, 5.74) is -0.526. The van der Waals surface area contributed by atoms with Gasteiger partial charge >= 0.3 is 5.97 Å². The topological polar surface area (TPSA) is 50.2 Å². The molecule has 0 saturated heterocycles. The molecule has 4 heteroatoms. The number of carboxylic acid groups (broad SMARTS) is 1. The maximum Gasteiger partial charge on any atom is 0.316 e. The Bertz CT molecular complexity index is 430. The monoisotopic (exact) mass is 225 g/mol. The molecule has 0 amide bonds. The molecular weight excluding hydrogens is 214 g/mol. The first-order valence-electron chi connectivity index (χ1n) is 4.77. The molecule has 2 rings (SSSR count). The van der Waals surface area contributed by atoms with Crippen LogP contribution in [0.25, 0.3) is 0 Å². The fraction of sp³-hybridized carbons (Fsp3) is 0.455. The first-order chi connectivity index (χ1) is 6.90. The molecule has 1 atom stereocenters. The van der Waals surface area contributed by atoms with Gasteiger partial charge in [0.05, 0.1) is 5.69 Å². The maximum atomic E-state index is 11.3. The van der Waals surface area contributed by atoms with Gasteiger partial charge in [0.1, 0.15) is 10.6 Å². The van der Waals surface area contributed by atoms with Crippen molar-refractivity contribution in [2.75, 3.05) is 0 Å². The lowest BCUT2D eigenvalue weighted by Crippen LogP contribution is -2.26. The molecule has 1 aliphatic carbocycles. The predicted octanol–water partition coefficient (Wildman–Crippen LogP) is 2.49. The first-order valence-corrected chi connectivity index (χ1v) is 5.14. The smallest absolute Gasteiger partial charge is 0.316 e. The van der Waals surface area contributed by atoms with E-state index in [1.165, 1.54) is 0 Å². The summed E-state index contributed by atoms with van der Waals surface area (Å²) in [4.78, 5) is 15.4. The molecule has 1 aromatic rings. The van der Waals surface area contributed by atoms with Gasteiger partial charge in [-0.25, -0.2) is 4.98 Å². The zero-order valence-electron chi connectivity index (χ0n) is 8.62. The third-order valence-electron chi connectivity index (χ3n) is 3.25. The highest BCUT2D eigenvalue weighted by molar-refractivity contribution is 6.29. The number of carboxylic acids is 1. The van der Waals surface area contributed by atoms with Crippen LogP contribution >= 0.6 is 11.6 Å². The number of nitrogens with zero attached hydrogens (tertiary/aromatic N) is 1. The van der Waals surface area contributed by atoms with Gasteiger partial charge in [0, 0.05) is 0 Å². The number of hydrogen-bond acceptors (Lipinski definition) is 2. The predicted molar refractivity (Wildman–Crippen MR) is 57.0 cm³/mol. The van der Waals surface area contributed by atoms with E-state index in [-0.39, 0.29) is 5.41 Å². The minimum atomic E-state index is -0.849. The summed E-state index contributed by atoms with van der Waals surface area (Å²) in [5, 5.41) is 9.64. The molecule has 1 unspecified atom stereocenters. The van der Waals surface area contributed by atoms with Gasteiger partial charge in [-0.3, -0.25) is 4.79 Å². The van der Waals surface area contributed by atoms with Gasteiger partial charge in [0.15, 0.2) is 0 Å². The highest BCUT2D eigenvalue weighted by Gasteiger charge is 2.68. The van der Waals surface area contributed by atoms with Crippen molar-refractivity contribution in [1.29, 1.82) is 0 Å². The van der Waals surface area contributed by atoms with Crippen molar-refractivity contribution in [1.82, 2.24) is 4.98 Å². The zero-order chi connectivity index (χ0) is 11.3. The number of carbonyl (C=O) groups is 1. The highest BCUT2D eigenvalue weighted by atomic mass is 35.5. The largest absolute Gasteiger partial charge is 0.481 e. The third kappa shape index (κ3) is 1.34. The van der Waals surface area contributed by atoms with E-state index >= 15 is 0 Å². The van der Waals surface area contributed by atoms with Gasteiger partial charge in [-0.15, -0.1) is 0 Å². The van der Waals surface area contributed by atoms with Gasteiger partial charge < -0.3 is 5.11 Å². The average molecular weight is 226 g/mol. The molecule has 0 radical (unpaired) electrons. The van der Waals surface area contributed by atoms with Crippen LogP contribution < -0.4 is 0 Å². The Balaban J connectivity index is 2.50. The van der Waals surface area contributed by atoms with Crippen molar-refractivity contribution >= 4 is 17.6 Å². The molecule has 1 N–H and O–H groups in total. The van der Waals surface area contributed by atoms with E-state index in [2.05, 4.69) is 4.98 Å². The van der Waals surface area contributed by atoms with Gasteiger partial charge in [-0.05, 0) is 24.0 Å². The molecule has 0 bridgehead atoms. The summed E-state index contributed by atoms with van der Waals surface area (Å²) in [6, 6.07) is 5.12. The molecule has 1 heterocycles. The molecule has 0 spiro atoms. The van der Waals surface area contributed by atoms with Crippen LogP contribution in [0.5, 0.6) is 0 Å². The van der Waals surface area contributed by atoms with E-state index in [1.54, 1.807) is 18.2 Å². The molecule has 80 valence electrons. The molecule has 1 fully saturated rings. The van der Waals surface area contributed by atoms with Gasteiger partial charge in [0.2, 0.25) is 0 Å². The van der Waals surface area contributed by atoms with Crippen LogP contribution in [0.2, 0.25) is 5.15 Å². The summed E-state index contributed by atoms with van der Waals surface area (Å²) < 4.78 is 0. The van der Waals surface area contributed by atoms with Crippen molar-refractivity contribution in [2.45, 2.75) is 25.7 Å². The Kier molecular flexibility index (Phi) is 2.05. The number of pyridine rings is 1. The number of aromatic nitrogens is 1. The summed E-state index contributed by atoms with van der Waals surface area (Å²) in [5.74, 6) is -0.817. The lowest BCUT2D eigenvalue weighted by Gasteiger charge is -2.14. The van der Waals surface area contributed by atoms with Crippen LogP contribution in [0.15, 0.2) is 18.2 Å². The second-order valence-corrected chi connectivity index (χ2v) is 5.00. The first kappa shape index (κ1) is 10.4.